The first-order valence-electron chi connectivity index (χ1n) is 9.81. The highest BCUT2D eigenvalue weighted by Crippen LogP contribution is 2.24. The molecule has 0 spiro atoms. The molecule has 2 atom stereocenters. The summed E-state index contributed by atoms with van der Waals surface area (Å²) in [4.78, 5) is 27.5. The Bertz CT molecular complexity index is 746. The second-order valence-corrected chi connectivity index (χ2v) is 7.67. The lowest BCUT2D eigenvalue weighted by molar-refractivity contribution is -0.147. The lowest BCUT2D eigenvalue weighted by Gasteiger charge is -2.35. The highest BCUT2D eigenvalue weighted by molar-refractivity contribution is 5.94. The number of carboxylic acids is 1. The van der Waals surface area contributed by atoms with Gasteiger partial charge in [-0.2, -0.15) is 0 Å². The number of carbonyl (C=O) groups excluding carboxylic acids is 1. The van der Waals surface area contributed by atoms with Crippen LogP contribution in [0.15, 0.2) is 24.3 Å². The van der Waals surface area contributed by atoms with Crippen molar-refractivity contribution < 1.29 is 24.5 Å². The number of nitrogen functional groups attached to an aromatic ring is 1. The monoisotopic (exact) mass is 404 g/mol. The van der Waals surface area contributed by atoms with Gasteiger partial charge in [0.2, 0.25) is 5.91 Å². The topological polar surface area (TPSA) is 140 Å². The summed E-state index contributed by atoms with van der Waals surface area (Å²) in [6, 6.07) is 6.95. The minimum atomic E-state index is -0.990. The van der Waals surface area contributed by atoms with Crippen molar-refractivity contribution in [3.05, 3.63) is 35.4 Å². The molecule has 2 saturated heterocycles. The molecule has 2 aliphatic rings. The number of carbonyl (C=O) groups is 2. The summed E-state index contributed by atoms with van der Waals surface area (Å²) in [5.74, 6) is -0.981. The number of aliphatic carboxylic acids is 1. The van der Waals surface area contributed by atoms with E-state index in [0.717, 1.165) is 5.56 Å². The van der Waals surface area contributed by atoms with Crippen molar-refractivity contribution >= 4 is 17.7 Å². The normalized spacial score (nSPS) is 23.3. The van der Waals surface area contributed by atoms with E-state index in [0.29, 0.717) is 51.0 Å². The first kappa shape index (κ1) is 21.2. The molecule has 9 nitrogen and oxygen atoms in total. The van der Waals surface area contributed by atoms with Crippen molar-refractivity contribution in [2.24, 2.45) is 5.73 Å². The van der Waals surface area contributed by atoms with E-state index in [9.17, 15) is 14.7 Å². The molecule has 0 aromatic heterocycles. The molecule has 29 heavy (non-hydrogen) atoms. The van der Waals surface area contributed by atoms with Crippen molar-refractivity contribution in [1.29, 1.82) is 5.41 Å². The quantitative estimate of drug-likeness (QED) is 0.370. The van der Waals surface area contributed by atoms with Gasteiger partial charge in [0, 0.05) is 31.7 Å². The van der Waals surface area contributed by atoms with Crippen LogP contribution in [-0.2, 0) is 20.9 Å². The van der Waals surface area contributed by atoms with Crippen LogP contribution in [0, 0.1) is 5.41 Å². The summed E-state index contributed by atoms with van der Waals surface area (Å²) in [6.07, 6.45) is 0.943. The molecule has 2 fully saturated rings. The van der Waals surface area contributed by atoms with E-state index in [1.165, 1.54) is 0 Å². The number of β-amino-alcohol motifs (C(OH)–C–C–N with tert-alkyl or cyclic N) is 1. The van der Waals surface area contributed by atoms with Gasteiger partial charge in [-0.05, 0) is 24.8 Å². The van der Waals surface area contributed by atoms with Gasteiger partial charge in [-0.25, -0.2) is 4.79 Å². The number of piperidine rings is 1. The summed E-state index contributed by atoms with van der Waals surface area (Å²) in [7, 11) is 0. The Balaban J connectivity index is 1.57. The van der Waals surface area contributed by atoms with Crippen LogP contribution >= 0.6 is 0 Å². The summed E-state index contributed by atoms with van der Waals surface area (Å²) >= 11 is 0. The van der Waals surface area contributed by atoms with Crippen LogP contribution in [0.4, 0.5) is 0 Å². The lowest BCUT2D eigenvalue weighted by Crippen LogP contribution is -2.49. The Morgan fingerprint density at radius 3 is 2.45 bits per heavy atom. The molecule has 0 saturated carbocycles. The number of nitrogens with one attached hydrogen (secondary N) is 1. The molecular formula is C20H28N4O5. The molecule has 158 valence electrons. The number of hydrogen-bond acceptors (Lipinski definition) is 6. The Labute approximate surface area is 169 Å². The maximum absolute atomic E-state index is 13.1. The fourth-order valence-corrected chi connectivity index (χ4v) is 3.98. The van der Waals surface area contributed by atoms with Crippen LogP contribution in [0.5, 0.6) is 0 Å². The van der Waals surface area contributed by atoms with E-state index < -0.39 is 12.1 Å². The van der Waals surface area contributed by atoms with E-state index in [4.69, 9.17) is 21.0 Å². The van der Waals surface area contributed by atoms with E-state index in [1.54, 1.807) is 17.0 Å². The summed E-state index contributed by atoms with van der Waals surface area (Å²) in [5.41, 5.74) is 7.12. The van der Waals surface area contributed by atoms with Crippen molar-refractivity contribution in [3.63, 3.8) is 0 Å². The average molecular weight is 404 g/mol. The van der Waals surface area contributed by atoms with Crippen LogP contribution in [-0.4, -0.2) is 82.2 Å². The van der Waals surface area contributed by atoms with Crippen LogP contribution in [0.25, 0.3) is 0 Å². The number of carboxylic acid groups (broad SMARTS) is 1. The fourth-order valence-electron chi connectivity index (χ4n) is 3.98. The largest absolute Gasteiger partial charge is 0.480 e. The number of aliphatic hydroxyl groups excluding tert-OH is 1. The third-order valence-electron chi connectivity index (χ3n) is 5.51. The summed E-state index contributed by atoms with van der Waals surface area (Å²) in [6.45, 7) is 1.70. The van der Waals surface area contributed by atoms with E-state index in [-0.39, 0.29) is 30.5 Å². The Morgan fingerprint density at radius 1 is 1.21 bits per heavy atom. The van der Waals surface area contributed by atoms with Gasteiger partial charge in [0.05, 0.1) is 18.2 Å². The first-order valence-corrected chi connectivity index (χ1v) is 9.81. The summed E-state index contributed by atoms with van der Waals surface area (Å²) < 4.78 is 5.33. The van der Waals surface area contributed by atoms with Crippen LogP contribution in [0.3, 0.4) is 0 Å². The SMILES string of the molecule is N=C(N)c1ccc(CN2C[C@H](O)C[C@H]2C(=O)N2CCC(OCC(=O)O)CC2)cc1. The van der Waals surface area contributed by atoms with Gasteiger partial charge in [-0.1, -0.05) is 24.3 Å². The minimum Gasteiger partial charge on any atom is -0.480 e. The maximum atomic E-state index is 13.1. The standard InChI is InChI=1S/C20H28N4O5/c21-19(22)14-3-1-13(2-4-14)10-24-11-15(25)9-17(24)20(28)23-7-5-16(6-8-23)29-12-18(26)27/h1-4,15-17,25H,5-12H2,(H3,21,22)(H,26,27)/t15-,17+/m1/s1. The molecule has 1 aromatic rings. The summed E-state index contributed by atoms with van der Waals surface area (Å²) in [5, 5.41) is 26.3. The van der Waals surface area contributed by atoms with E-state index in [1.807, 2.05) is 17.0 Å². The van der Waals surface area contributed by atoms with E-state index >= 15 is 0 Å². The third-order valence-corrected chi connectivity index (χ3v) is 5.51. The molecule has 0 aliphatic carbocycles. The van der Waals surface area contributed by atoms with Crippen LogP contribution in [0.1, 0.15) is 30.4 Å². The van der Waals surface area contributed by atoms with Gasteiger partial charge < -0.3 is 25.6 Å². The predicted octanol–water partition coefficient (Wildman–Crippen LogP) is -0.00193. The smallest absolute Gasteiger partial charge is 0.329 e. The molecule has 2 aliphatic heterocycles. The molecule has 1 aromatic carbocycles. The van der Waals surface area contributed by atoms with Gasteiger partial charge in [0.15, 0.2) is 0 Å². The zero-order valence-electron chi connectivity index (χ0n) is 16.3. The van der Waals surface area contributed by atoms with Gasteiger partial charge in [-0.3, -0.25) is 15.1 Å². The van der Waals surface area contributed by atoms with Crippen molar-refractivity contribution in [3.8, 4) is 0 Å². The lowest BCUT2D eigenvalue weighted by atomic mass is 10.1. The highest BCUT2D eigenvalue weighted by atomic mass is 16.5. The minimum absolute atomic E-state index is 0.00130. The molecular weight excluding hydrogens is 376 g/mol. The molecule has 0 unspecified atom stereocenters. The van der Waals surface area contributed by atoms with Crippen LogP contribution < -0.4 is 5.73 Å². The second-order valence-electron chi connectivity index (χ2n) is 7.67. The number of benzene rings is 1. The molecule has 9 heteroatoms. The zero-order valence-corrected chi connectivity index (χ0v) is 16.3. The predicted molar refractivity (Wildman–Crippen MR) is 105 cm³/mol. The Morgan fingerprint density at radius 2 is 1.86 bits per heavy atom. The fraction of sp³-hybridized carbons (Fsp3) is 0.550. The van der Waals surface area contributed by atoms with Crippen molar-refractivity contribution in [1.82, 2.24) is 9.80 Å². The van der Waals surface area contributed by atoms with Gasteiger partial charge >= 0.3 is 5.97 Å². The molecule has 1 amide bonds. The molecule has 2 heterocycles. The highest BCUT2D eigenvalue weighted by Gasteiger charge is 2.39. The number of likely N-dealkylation sites (tertiary alicyclic amines) is 2. The molecule has 0 bridgehead atoms. The molecule has 5 N–H and O–H groups in total. The van der Waals surface area contributed by atoms with Gasteiger partial charge in [-0.15, -0.1) is 0 Å². The number of ether oxygens (including phenoxy) is 1. The number of hydrogen-bond donors (Lipinski definition) is 4. The molecule has 3 rings (SSSR count). The van der Waals surface area contributed by atoms with Gasteiger partial charge in [0.1, 0.15) is 12.4 Å². The van der Waals surface area contributed by atoms with Crippen molar-refractivity contribution in [2.75, 3.05) is 26.2 Å². The number of nitrogens with two attached hydrogens (primary N) is 1. The maximum Gasteiger partial charge on any atom is 0.329 e. The van der Waals surface area contributed by atoms with Gasteiger partial charge in [0.25, 0.3) is 0 Å². The number of amidine groups is 1. The number of amides is 1. The second kappa shape index (κ2) is 9.34. The number of nitrogens with zero attached hydrogens (tertiary/aromatic N) is 2. The Kier molecular flexibility index (Phi) is 6.83. The average Bonchev–Trinajstić information content (AvgIpc) is 3.06. The zero-order chi connectivity index (χ0) is 21.0. The van der Waals surface area contributed by atoms with Crippen LogP contribution in [0.2, 0.25) is 0 Å². The van der Waals surface area contributed by atoms with E-state index in [2.05, 4.69) is 0 Å². The van der Waals surface area contributed by atoms with Crippen molar-refractivity contribution in [2.45, 2.75) is 44.1 Å². The number of aliphatic hydroxyl groups is 1. The Hall–Kier alpha value is -2.49. The first-order chi connectivity index (χ1) is 13.8. The third kappa shape index (κ3) is 5.53. The number of rotatable bonds is 7. The molecule has 0 radical (unpaired) electrons.